The lowest BCUT2D eigenvalue weighted by molar-refractivity contribution is 0.749. The number of nitrogens with one attached hydrogen (secondary N) is 1. The van der Waals surface area contributed by atoms with Gasteiger partial charge in [-0.05, 0) is 6.92 Å². The first-order chi connectivity index (χ1) is 5.63. The van der Waals surface area contributed by atoms with Crippen molar-refractivity contribution in [1.29, 1.82) is 0 Å². The van der Waals surface area contributed by atoms with Gasteiger partial charge in [-0.3, -0.25) is 4.79 Å². The van der Waals surface area contributed by atoms with Crippen LogP contribution in [0, 0.1) is 0 Å². The highest BCUT2D eigenvalue weighted by molar-refractivity contribution is 5.06. The lowest BCUT2D eigenvalue weighted by atomic mass is 10.2. The van der Waals surface area contributed by atoms with E-state index in [1.54, 1.807) is 6.92 Å². The number of rotatable bonds is 2. The molecule has 0 aliphatic rings. The smallest absolute Gasteiger partial charge is 0.251 e. The van der Waals surface area contributed by atoms with Gasteiger partial charge in [-0.1, -0.05) is 6.92 Å². The summed E-state index contributed by atoms with van der Waals surface area (Å²) in [4.78, 5) is 17.8. The number of aromatic nitrogens is 2. The van der Waals surface area contributed by atoms with Crippen LogP contribution in [-0.4, -0.2) is 9.97 Å². The molecular weight excluding hydrogens is 154 g/mol. The Morgan fingerprint density at radius 1 is 1.75 bits per heavy atom. The molecule has 12 heavy (non-hydrogen) atoms. The van der Waals surface area contributed by atoms with Gasteiger partial charge in [-0.25, -0.2) is 4.98 Å². The van der Waals surface area contributed by atoms with Crippen molar-refractivity contribution < 1.29 is 0 Å². The number of hydrogen-bond donors (Lipinski definition) is 2. The van der Waals surface area contributed by atoms with Gasteiger partial charge in [0.1, 0.15) is 5.82 Å². The van der Waals surface area contributed by atoms with Crippen LogP contribution in [0.5, 0.6) is 0 Å². The zero-order chi connectivity index (χ0) is 9.14. The summed E-state index contributed by atoms with van der Waals surface area (Å²) in [6.07, 6.45) is 0.718. The summed E-state index contributed by atoms with van der Waals surface area (Å²) < 4.78 is 0. The number of nitrogens with two attached hydrogens (primary N) is 1. The minimum absolute atomic E-state index is 0.130. The molecule has 0 fully saturated rings. The zero-order valence-electron chi connectivity index (χ0n) is 7.29. The molecule has 1 heterocycles. The van der Waals surface area contributed by atoms with Crippen LogP contribution >= 0.6 is 0 Å². The number of aromatic amines is 1. The Kier molecular flexibility index (Phi) is 2.60. The number of hydrogen-bond acceptors (Lipinski definition) is 3. The normalized spacial score (nSPS) is 12.9. The Labute approximate surface area is 70.8 Å². The second-order valence-corrected chi connectivity index (χ2v) is 2.76. The maximum atomic E-state index is 11.0. The third-order valence-corrected chi connectivity index (χ3v) is 1.61. The molecule has 0 radical (unpaired) electrons. The van der Waals surface area contributed by atoms with Gasteiger partial charge in [0.2, 0.25) is 0 Å². The van der Waals surface area contributed by atoms with Gasteiger partial charge in [0, 0.05) is 18.5 Å². The summed E-state index contributed by atoms with van der Waals surface area (Å²) in [5.41, 5.74) is 6.11. The van der Waals surface area contributed by atoms with E-state index >= 15 is 0 Å². The van der Waals surface area contributed by atoms with Crippen LogP contribution < -0.4 is 11.3 Å². The molecule has 1 rings (SSSR count). The first kappa shape index (κ1) is 8.93. The molecule has 0 aliphatic carbocycles. The first-order valence-corrected chi connectivity index (χ1v) is 3.99. The molecule has 0 aromatic carbocycles. The molecule has 3 N–H and O–H groups in total. The van der Waals surface area contributed by atoms with Gasteiger partial charge in [0.25, 0.3) is 5.56 Å². The molecule has 0 saturated heterocycles. The Hall–Kier alpha value is -1.16. The summed E-state index contributed by atoms with van der Waals surface area (Å²) in [6.45, 7) is 3.74. The van der Waals surface area contributed by atoms with Gasteiger partial charge in [-0.2, -0.15) is 0 Å². The standard InChI is InChI=1S/C8H13N3O/c1-3-7-10-6(5(2)9)4-8(12)11-7/h4-5H,3,9H2,1-2H3,(H,10,11,12). The van der Waals surface area contributed by atoms with Crippen LogP contribution in [0.4, 0.5) is 0 Å². The van der Waals surface area contributed by atoms with Crippen LogP contribution in [0.25, 0.3) is 0 Å². The molecule has 0 saturated carbocycles. The van der Waals surface area contributed by atoms with E-state index in [9.17, 15) is 4.79 Å². The summed E-state index contributed by atoms with van der Waals surface area (Å²) in [6, 6.07) is 1.25. The largest absolute Gasteiger partial charge is 0.323 e. The number of nitrogens with zero attached hydrogens (tertiary/aromatic N) is 1. The molecule has 0 bridgehead atoms. The summed E-state index contributed by atoms with van der Waals surface area (Å²) in [5.74, 6) is 0.690. The second kappa shape index (κ2) is 3.49. The monoisotopic (exact) mass is 167 g/mol. The Bertz CT molecular complexity index is 316. The molecule has 4 nitrogen and oxygen atoms in total. The minimum atomic E-state index is -0.183. The molecule has 66 valence electrons. The van der Waals surface area contributed by atoms with E-state index in [1.165, 1.54) is 6.07 Å². The van der Waals surface area contributed by atoms with E-state index in [0.717, 1.165) is 6.42 Å². The quantitative estimate of drug-likeness (QED) is 0.667. The van der Waals surface area contributed by atoms with E-state index in [1.807, 2.05) is 6.92 Å². The van der Waals surface area contributed by atoms with Crippen molar-refractivity contribution >= 4 is 0 Å². The summed E-state index contributed by atoms with van der Waals surface area (Å²) >= 11 is 0. The van der Waals surface area contributed by atoms with Crippen LogP contribution in [0.1, 0.15) is 31.4 Å². The van der Waals surface area contributed by atoms with Crippen LogP contribution in [0.15, 0.2) is 10.9 Å². The van der Waals surface area contributed by atoms with Gasteiger partial charge < -0.3 is 10.7 Å². The molecule has 0 spiro atoms. The van der Waals surface area contributed by atoms with Crippen molar-refractivity contribution in [3.63, 3.8) is 0 Å². The highest BCUT2D eigenvalue weighted by Gasteiger charge is 2.03. The van der Waals surface area contributed by atoms with Crippen molar-refractivity contribution in [1.82, 2.24) is 9.97 Å². The van der Waals surface area contributed by atoms with Gasteiger partial charge in [-0.15, -0.1) is 0 Å². The molecule has 1 unspecified atom stereocenters. The molecule has 1 aromatic heterocycles. The fourth-order valence-electron chi connectivity index (χ4n) is 0.929. The SMILES string of the molecule is CCc1nc(C(C)N)cc(=O)[nH]1. The van der Waals surface area contributed by atoms with Crippen LogP contribution in [0.3, 0.4) is 0 Å². The van der Waals surface area contributed by atoms with Gasteiger partial charge >= 0.3 is 0 Å². The average molecular weight is 167 g/mol. The molecule has 1 atom stereocenters. The fourth-order valence-corrected chi connectivity index (χ4v) is 0.929. The second-order valence-electron chi connectivity index (χ2n) is 2.76. The highest BCUT2D eigenvalue weighted by Crippen LogP contribution is 2.02. The lowest BCUT2D eigenvalue weighted by Crippen LogP contribution is -2.16. The van der Waals surface area contributed by atoms with E-state index in [2.05, 4.69) is 9.97 Å². The summed E-state index contributed by atoms with van der Waals surface area (Å²) in [7, 11) is 0. The molecular formula is C8H13N3O. The topological polar surface area (TPSA) is 71.8 Å². The van der Waals surface area contributed by atoms with Gasteiger partial charge in [0.15, 0.2) is 0 Å². The number of H-pyrrole nitrogens is 1. The van der Waals surface area contributed by atoms with Gasteiger partial charge in [0.05, 0.1) is 5.69 Å². The van der Waals surface area contributed by atoms with Crippen molar-refractivity contribution in [2.75, 3.05) is 0 Å². The lowest BCUT2D eigenvalue weighted by Gasteiger charge is -2.04. The van der Waals surface area contributed by atoms with Crippen molar-refractivity contribution in [3.05, 3.63) is 27.9 Å². The maximum absolute atomic E-state index is 11.0. The van der Waals surface area contributed by atoms with E-state index in [0.29, 0.717) is 11.5 Å². The van der Waals surface area contributed by atoms with Crippen molar-refractivity contribution in [3.8, 4) is 0 Å². The van der Waals surface area contributed by atoms with Crippen LogP contribution in [-0.2, 0) is 6.42 Å². The van der Waals surface area contributed by atoms with E-state index in [-0.39, 0.29) is 11.6 Å². The maximum Gasteiger partial charge on any atom is 0.251 e. The van der Waals surface area contributed by atoms with E-state index in [4.69, 9.17) is 5.73 Å². The van der Waals surface area contributed by atoms with Crippen LogP contribution in [0.2, 0.25) is 0 Å². The Balaban J connectivity index is 3.15. The zero-order valence-corrected chi connectivity index (χ0v) is 7.29. The predicted molar refractivity (Wildman–Crippen MR) is 46.8 cm³/mol. The average Bonchev–Trinajstić information content (AvgIpc) is 2.03. The molecule has 4 heteroatoms. The number of aryl methyl sites for hydroxylation is 1. The predicted octanol–water partition coefficient (Wildman–Crippen LogP) is 0.352. The van der Waals surface area contributed by atoms with Crippen molar-refractivity contribution in [2.45, 2.75) is 26.3 Å². The fraction of sp³-hybridized carbons (Fsp3) is 0.500. The highest BCUT2D eigenvalue weighted by atomic mass is 16.1. The van der Waals surface area contributed by atoms with Crippen molar-refractivity contribution in [2.24, 2.45) is 5.73 Å². The Morgan fingerprint density at radius 2 is 2.42 bits per heavy atom. The minimum Gasteiger partial charge on any atom is -0.323 e. The third-order valence-electron chi connectivity index (χ3n) is 1.61. The van der Waals surface area contributed by atoms with E-state index < -0.39 is 0 Å². The third kappa shape index (κ3) is 1.92. The first-order valence-electron chi connectivity index (χ1n) is 3.99. The Morgan fingerprint density at radius 3 is 2.92 bits per heavy atom. The summed E-state index contributed by atoms with van der Waals surface area (Å²) in [5, 5.41) is 0. The molecule has 0 aliphatic heterocycles. The molecule has 1 aromatic rings. The molecule has 0 amide bonds.